The molecule has 0 radical (unpaired) electrons. The number of aryl methyl sites for hydroxylation is 1. The van der Waals surface area contributed by atoms with Crippen LogP contribution in [0, 0.1) is 18.8 Å². The lowest BCUT2D eigenvalue weighted by Gasteiger charge is -2.41. The number of anilines is 1. The van der Waals surface area contributed by atoms with Gasteiger partial charge in [-0.2, -0.15) is 0 Å². The van der Waals surface area contributed by atoms with E-state index in [2.05, 4.69) is 0 Å². The van der Waals surface area contributed by atoms with Gasteiger partial charge in [-0.05, 0) is 49.3 Å². The lowest BCUT2D eigenvalue weighted by Crippen LogP contribution is -2.44. The Morgan fingerprint density at radius 2 is 1.95 bits per heavy atom. The van der Waals surface area contributed by atoms with Crippen molar-refractivity contribution in [2.75, 3.05) is 18.8 Å². The first-order valence-corrected chi connectivity index (χ1v) is 7.80. The summed E-state index contributed by atoms with van der Waals surface area (Å²) in [6.45, 7) is 3.82. The van der Waals surface area contributed by atoms with Gasteiger partial charge in [0.05, 0.1) is 0 Å². The smallest absolute Gasteiger partial charge is 0.253 e. The van der Waals surface area contributed by atoms with E-state index < -0.39 is 0 Å². The van der Waals surface area contributed by atoms with Crippen LogP contribution in [0.5, 0.6) is 0 Å². The van der Waals surface area contributed by atoms with Crippen molar-refractivity contribution >= 4 is 11.6 Å². The van der Waals surface area contributed by atoms with Crippen molar-refractivity contribution in [3.8, 4) is 0 Å². The fourth-order valence-electron chi connectivity index (χ4n) is 3.74. The van der Waals surface area contributed by atoms with Gasteiger partial charge in [-0.15, -0.1) is 0 Å². The number of nitrogen functional groups attached to an aromatic ring is 1. The predicted molar refractivity (Wildman–Crippen MR) is 81.6 cm³/mol. The summed E-state index contributed by atoms with van der Waals surface area (Å²) in [5.74, 6) is 1.74. The van der Waals surface area contributed by atoms with Crippen LogP contribution in [0.15, 0.2) is 18.2 Å². The second-order valence-electron chi connectivity index (χ2n) is 6.42. The summed E-state index contributed by atoms with van der Waals surface area (Å²) in [5.41, 5.74) is 8.41. The van der Waals surface area contributed by atoms with Gasteiger partial charge in [-0.3, -0.25) is 4.79 Å². The van der Waals surface area contributed by atoms with Gasteiger partial charge in [-0.25, -0.2) is 0 Å². The Labute approximate surface area is 121 Å². The Morgan fingerprint density at radius 3 is 2.70 bits per heavy atom. The minimum atomic E-state index is 0.153. The van der Waals surface area contributed by atoms with E-state index in [9.17, 15) is 4.79 Å². The minimum Gasteiger partial charge on any atom is -0.398 e. The molecule has 0 aromatic heterocycles. The fourth-order valence-corrected chi connectivity index (χ4v) is 3.74. The van der Waals surface area contributed by atoms with E-state index in [1.165, 1.54) is 32.1 Å². The van der Waals surface area contributed by atoms with Gasteiger partial charge in [0.1, 0.15) is 0 Å². The van der Waals surface area contributed by atoms with E-state index in [1.54, 1.807) is 0 Å². The quantitative estimate of drug-likeness (QED) is 0.798. The van der Waals surface area contributed by atoms with Crippen molar-refractivity contribution in [3.05, 3.63) is 29.3 Å². The summed E-state index contributed by atoms with van der Waals surface area (Å²) < 4.78 is 0. The number of carbonyl (C=O) groups is 1. The van der Waals surface area contributed by atoms with Gasteiger partial charge in [0, 0.05) is 24.3 Å². The standard InChI is InChI=1S/C17H24N2O/c1-12-6-7-14(10-16(12)18)17(20)19-9-8-13-4-2-3-5-15(13)11-19/h6-7,10,13,15H,2-5,8-9,11,18H2,1H3. The molecule has 1 amide bonds. The van der Waals surface area contributed by atoms with Gasteiger partial charge in [-0.1, -0.05) is 25.3 Å². The van der Waals surface area contributed by atoms with Crippen molar-refractivity contribution in [2.45, 2.75) is 39.0 Å². The molecule has 0 spiro atoms. The van der Waals surface area contributed by atoms with Crippen LogP contribution in [0.2, 0.25) is 0 Å². The highest BCUT2D eigenvalue weighted by atomic mass is 16.2. The number of hydrogen-bond donors (Lipinski definition) is 1. The lowest BCUT2D eigenvalue weighted by molar-refractivity contribution is 0.0521. The monoisotopic (exact) mass is 272 g/mol. The number of piperidine rings is 1. The molecule has 2 unspecified atom stereocenters. The molecule has 1 aliphatic heterocycles. The van der Waals surface area contributed by atoms with Crippen molar-refractivity contribution < 1.29 is 4.79 Å². The molecule has 2 atom stereocenters. The number of amides is 1. The normalized spacial score (nSPS) is 26.1. The zero-order chi connectivity index (χ0) is 14.1. The van der Waals surface area contributed by atoms with E-state index in [1.807, 2.05) is 30.0 Å². The molecule has 108 valence electrons. The number of fused-ring (bicyclic) bond motifs is 1. The van der Waals surface area contributed by atoms with Crippen molar-refractivity contribution in [1.82, 2.24) is 4.90 Å². The van der Waals surface area contributed by atoms with Gasteiger partial charge in [0.2, 0.25) is 0 Å². The maximum absolute atomic E-state index is 12.6. The number of nitrogens with zero attached hydrogens (tertiary/aromatic N) is 1. The lowest BCUT2D eigenvalue weighted by atomic mass is 9.75. The second kappa shape index (κ2) is 5.47. The van der Waals surface area contributed by atoms with E-state index in [-0.39, 0.29) is 5.91 Å². The van der Waals surface area contributed by atoms with E-state index in [0.29, 0.717) is 5.69 Å². The zero-order valence-electron chi connectivity index (χ0n) is 12.3. The van der Waals surface area contributed by atoms with E-state index in [4.69, 9.17) is 5.73 Å². The molecule has 1 aliphatic carbocycles. The second-order valence-corrected chi connectivity index (χ2v) is 6.42. The molecule has 1 heterocycles. The Kier molecular flexibility index (Phi) is 3.68. The molecule has 3 nitrogen and oxygen atoms in total. The van der Waals surface area contributed by atoms with Crippen LogP contribution in [0.1, 0.15) is 48.0 Å². The van der Waals surface area contributed by atoms with Crippen LogP contribution in [0.3, 0.4) is 0 Å². The summed E-state index contributed by atoms with van der Waals surface area (Å²) >= 11 is 0. The van der Waals surface area contributed by atoms with Gasteiger partial charge < -0.3 is 10.6 Å². The largest absolute Gasteiger partial charge is 0.398 e. The van der Waals surface area contributed by atoms with Crippen molar-refractivity contribution in [2.24, 2.45) is 11.8 Å². The molecule has 1 saturated heterocycles. The molecule has 0 bridgehead atoms. The summed E-state index contributed by atoms with van der Waals surface area (Å²) in [6, 6.07) is 5.67. The molecule has 20 heavy (non-hydrogen) atoms. The van der Waals surface area contributed by atoms with Crippen LogP contribution >= 0.6 is 0 Å². The molecule has 2 fully saturated rings. The molecule has 2 N–H and O–H groups in total. The number of benzene rings is 1. The minimum absolute atomic E-state index is 0.153. The first-order valence-electron chi connectivity index (χ1n) is 7.80. The number of likely N-dealkylation sites (tertiary alicyclic amines) is 1. The molecule has 1 saturated carbocycles. The molecule has 3 heteroatoms. The number of hydrogen-bond acceptors (Lipinski definition) is 2. The molecular formula is C17H24N2O. The fraction of sp³-hybridized carbons (Fsp3) is 0.588. The first-order chi connectivity index (χ1) is 9.65. The summed E-state index contributed by atoms with van der Waals surface area (Å²) in [6.07, 6.45) is 6.55. The Hall–Kier alpha value is -1.51. The molecular weight excluding hydrogens is 248 g/mol. The highest BCUT2D eigenvalue weighted by Crippen LogP contribution is 2.36. The maximum Gasteiger partial charge on any atom is 0.253 e. The molecule has 2 aliphatic rings. The summed E-state index contributed by atoms with van der Waals surface area (Å²) in [5, 5.41) is 0. The maximum atomic E-state index is 12.6. The van der Waals surface area contributed by atoms with E-state index in [0.717, 1.165) is 36.1 Å². The molecule has 1 aromatic carbocycles. The average Bonchev–Trinajstić information content (AvgIpc) is 2.49. The van der Waals surface area contributed by atoms with Gasteiger partial charge >= 0.3 is 0 Å². The number of carbonyl (C=O) groups excluding carboxylic acids is 1. The first kappa shape index (κ1) is 13.5. The Morgan fingerprint density at radius 1 is 1.20 bits per heavy atom. The highest BCUT2D eigenvalue weighted by Gasteiger charge is 2.33. The average molecular weight is 272 g/mol. The molecule has 1 aromatic rings. The topological polar surface area (TPSA) is 46.3 Å². The number of nitrogens with two attached hydrogens (primary N) is 1. The van der Waals surface area contributed by atoms with Crippen LogP contribution in [-0.4, -0.2) is 23.9 Å². The van der Waals surface area contributed by atoms with Crippen LogP contribution in [0.4, 0.5) is 5.69 Å². The van der Waals surface area contributed by atoms with E-state index >= 15 is 0 Å². The Balaban J connectivity index is 1.72. The summed E-state index contributed by atoms with van der Waals surface area (Å²) in [7, 11) is 0. The van der Waals surface area contributed by atoms with Gasteiger partial charge in [0.15, 0.2) is 0 Å². The third-order valence-corrected chi connectivity index (χ3v) is 5.10. The molecule has 3 rings (SSSR count). The van der Waals surface area contributed by atoms with Crippen LogP contribution in [-0.2, 0) is 0 Å². The zero-order valence-corrected chi connectivity index (χ0v) is 12.3. The number of rotatable bonds is 1. The van der Waals surface area contributed by atoms with Gasteiger partial charge in [0.25, 0.3) is 5.91 Å². The highest BCUT2D eigenvalue weighted by molar-refractivity contribution is 5.95. The van der Waals surface area contributed by atoms with Crippen molar-refractivity contribution in [1.29, 1.82) is 0 Å². The Bertz CT molecular complexity index is 512. The summed E-state index contributed by atoms with van der Waals surface area (Å²) in [4.78, 5) is 14.6. The third-order valence-electron chi connectivity index (χ3n) is 5.10. The van der Waals surface area contributed by atoms with Crippen molar-refractivity contribution in [3.63, 3.8) is 0 Å². The SMILES string of the molecule is Cc1ccc(C(=O)N2CCC3CCCCC3C2)cc1N. The van der Waals surface area contributed by atoms with Crippen LogP contribution < -0.4 is 5.73 Å². The predicted octanol–water partition coefficient (Wildman–Crippen LogP) is 3.23. The third kappa shape index (κ3) is 2.54. The van der Waals surface area contributed by atoms with Crippen LogP contribution in [0.25, 0.3) is 0 Å².